The van der Waals surface area contributed by atoms with Crippen LogP contribution in [-0.4, -0.2) is 29.2 Å². The molecule has 0 atom stereocenters. The number of rotatable bonds is 4. The van der Waals surface area contributed by atoms with Gasteiger partial charge in [0.15, 0.2) is 5.82 Å². The molecule has 5 heteroatoms. The van der Waals surface area contributed by atoms with Crippen molar-refractivity contribution in [3.05, 3.63) is 42.4 Å². The molecule has 1 N–H and O–H groups in total. The number of benzene rings is 1. The maximum Gasteiger partial charge on any atom is 0.151 e. The quantitative estimate of drug-likeness (QED) is 0.889. The fourth-order valence-electron chi connectivity index (χ4n) is 1.58. The van der Waals surface area contributed by atoms with Gasteiger partial charge >= 0.3 is 0 Å². The normalized spacial score (nSPS) is 10.2. The lowest BCUT2D eigenvalue weighted by molar-refractivity contribution is 0.276. The van der Waals surface area contributed by atoms with Crippen molar-refractivity contribution in [2.24, 2.45) is 0 Å². The molecule has 1 aromatic carbocycles. The third-order valence-corrected chi connectivity index (χ3v) is 2.62. The fraction of sp³-hybridized carbons (Fsp3) is 0.231. The number of aromatic nitrogens is 2. The van der Waals surface area contributed by atoms with Crippen LogP contribution in [0.15, 0.2) is 36.7 Å². The first-order valence-electron chi connectivity index (χ1n) is 5.54. The molecular weight excluding hydrogens is 230 g/mol. The minimum Gasteiger partial charge on any atom is -0.497 e. The van der Waals surface area contributed by atoms with Gasteiger partial charge in [0, 0.05) is 18.8 Å². The van der Waals surface area contributed by atoms with Crippen molar-refractivity contribution in [1.29, 1.82) is 0 Å². The summed E-state index contributed by atoms with van der Waals surface area (Å²) in [6.45, 7) is -0.118. The molecule has 0 aliphatic heterocycles. The molecule has 0 saturated heterocycles. The van der Waals surface area contributed by atoms with Gasteiger partial charge in [-0.05, 0) is 12.1 Å². The van der Waals surface area contributed by atoms with E-state index in [0.717, 1.165) is 11.4 Å². The molecule has 2 rings (SSSR count). The Hall–Kier alpha value is -2.14. The van der Waals surface area contributed by atoms with Crippen molar-refractivity contribution in [2.45, 2.75) is 6.61 Å². The Kier molecular flexibility index (Phi) is 3.74. The number of anilines is 2. The smallest absolute Gasteiger partial charge is 0.151 e. The number of hydrogen-bond acceptors (Lipinski definition) is 5. The Morgan fingerprint density at radius 1 is 1.33 bits per heavy atom. The molecule has 0 fully saturated rings. The van der Waals surface area contributed by atoms with Gasteiger partial charge in [-0.3, -0.25) is 4.98 Å². The van der Waals surface area contributed by atoms with E-state index in [4.69, 9.17) is 9.84 Å². The van der Waals surface area contributed by atoms with E-state index < -0.39 is 0 Å². The van der Waals surface area contributed by atoms with Gasteiger partial charge in [-0.1, -0.05) is 6.07 Å². The SMILES string of the molecule is COc1cccc(N(C)c2cncc(CO)n2)c1. The Morgan fingerprint density at radius 3 is 2.89 bits per heavy atom. The molecule has 0 unspecified atom stereocenters. The molecule has 1 heterocycles. The zero-order chi connectivity index (χ0) is 13.0. The van der Waals surface area contributed by atoms with Gasteiger partial charge in [0.25, 0.3) is 0 Å². The van der Waals surface area contributed by atoms with E-state index in [1.165, 1.54) is 0 Å². The van der Waals surface area contributed by atoms with E-state index in [9.17, 15) is 0 Å². The minimum absolute atomic E-state index is 0.118. The van der Waals surface area contributed by atoms with Crippen LogP contribution in [0, 0.1) is 0 Å². The fourth-order valence-corrected chi connectivity index (χ4v) is 1.58. The van der Waals surface area contributed by atoms with Crippen LogP contribution in [0.25, 0.3) is 0 Å². The van der Waals surface area contributed by atoms with Crippen LogP contribution in [0.3, 0.4) is 0 Å². The van der Waals surface area contributed by atoms with Crippen molar-refractivity contribution >= 4 is 11.5 Å². The summed E-state index contributed by atoms with van der Waals surface area (Å²) in [6.07, 6.45) is 3.20. The number of nitrogens with zero attached hydrogens (tertiary/aromatic N) is 3. The second-order valence-electron chi connectivity index (χ2n) is 3.79. The monoisotopic (exact) mass is 245 g/mol. The van der Waals surface area contributed by atoms with Gasteiger partial charge in [-0.25, -0.2) is 4.98 Å². The Balaban J connectivity index is 2.31. The maximum atomic E-state index is 9.06. The summed E-state index contributed by atoms with van der Waals surface area (Å²) in [4.78, 5) is 10.2. The minimum atomic E-state index is -0.118. The molecule has 94 valence electrons. The third-order valence-electron chi connectivity index (χ3n) is 2.62. The summed E-state index contributed by atoms with van der Waals surface area (Å²) in [5, 5.41) is 9.06. The van der Waals surface area contributed by atoms with Gasteiger partial charge in [-0.15, -0.1) is 0 Å². The molecule has 0 amide bonds. The zero-order valence-electron chi connectivity index (χ0n) is 10.4. The van der Waals surface area contributed by atoms with Crippen LogP contribution in [-0.2, 0) is 6.61 Å². The zero-order valence-corrected chi connectivity index (χ0v) is 10.4. The Morgan fingerprint density at radius 2 is 2.17 bits per heavy atom. The largest absolute Gasteiger partial charge is 0.497 e. The van der Waals surface area contributed by atoms with Crippen LogP contribution in [0.2, 0.25) is 0 Å². The van der Waals surface area contributed by atoms with E-state index in [1.54, 1.807) is 19.5 Å². The number of aliphatic hydroxyl groups excluding tert-OH is 1. The topological polar surface area (TPSA) is 58.5 Å². The van der Waals surface area contributed by atoms with E-state index in [0.29, 0.717) is 11.5 Å². The molecule has 0 radical (unpaired) electrons. The van der Waals surface area contributed by atoms with Crippen LogP contribution in [0.1, 0.15) is 5.69 Å². The highest BCUT2D eigenvalue weighted by atomic mass is 16.5. The molecule has 1 aromatic heterocycles. The highest BCUT2D eigenvalue weighted by Crippen LogP contribution is 2.24. The summed E-state index contributed by atoms with van der Waals surface area (Å²) in [5.74, 6) is 1.46. The van der Waals surface area contributed by atoms with Crippen LogP contribution < -0.4 is 9.64 Å². The van der Waals surface area contributed by atoms with Crippen molar-refractivity contribution in [3.63, 3.8) is 0 Å². The Bertz CT molecular complexity index is 484. The van der Waals surface area contributed by atoms with Crippen LogP contribution >= 0.6 is 0 Å². The van der Waals surface area contributed by atoms with Crippen molar-refractivity contribution < 1.29 is 9.84 Å². The average molecular weight is 245 g/mol. The van der Waals surface area contributed by atoms with Crippen LogP contribution in [0.4, 0.5) is 11.5 Å². The second-order valence-corrected chi connectivity index (χ2v) is 3.79. The number of ether oxygens (including phenoxy) is 1. The van der Waals surface area contributed by atoms with Gasteiger partial charge in [0.1, 0.15) is 5.75 Å². The van der Waals surface area contributed by atoms with Crippen LogP contribution in [0.5, 0.6) is 5.75 Å². The molecule has 0 aliphatic rings. The van der Waals surface area contributed by atoms with Gasteiger partial charge < -0.3 is 14.7 Å². The first kappa shape index (κ1) is 12.3. The van der Waals surface area contributed by atoms with Gasteiger partial charge in [0.2, 0.25) is 0 Å². The van der Waals surface area contributed by atoms with Crippen molar-refractivity contribution in [2.75, 3.05) is 19.1 Å². The molecule has 18 heavy (non-hydrogen) atoms. The second kappa shape index (κ2) is 5.46. The molecule has 0 spiro atoms. The summed E-state index contributed by atoms with van der Waals surface area (Å²) >= 11 is 0. The van der Waals surface area contributed by atoms with Gasteiger partial charge in [-0.2, -0.15) is 0 Å². The molecule has 5 nitrogen and oxygen atoms in total. The average Bonchev–Trinajstić information content (AvgIpc) is 2.46. The first-order valence-corrected chi connectivity index (χ1v) is 5.54. The summed E-state index contributed by atoms with van der Waals surface area (Å²) in [5.41, 5.74) is 1.49. The predicted molar refractivity (Wildman–Crippen MR) is 69.0 cm³/mol. The lowest BCUT2D eigenvalue weighted by atomic mass is 10.3. The lowest BCUT2D eigenvalue weighted by Gasteiger charge is -2.18. The highest BCUT2D eigenvalue weighted by Gasteiger charge is 2.07. The van der Waals surface area contributed by atoms with E-state index in [-0.39, 0.29) is 6.61 Å². The number of methoxy groups -OCH3 is 1. The van der Waals surface area contributed by atoms with E-state index in [2.05, 4.69) is 9.97 Å². The lowest BCUT2D eigenvalue weighted by Crippen LogP contribution is -2.12. The molecule has 0 bridgehead atoms. The maximum absolute atomic E-state index is 9.06. The molecule has 2 aromatic rings. The first-order chi connectivity index (χ1) is 8.74. The molecule has 0 aliphatic carbocycles. The summed E-state index contributed by atoms with van der Waals surface area (Å²) in [6, 6.07) is 7.66. The summed E-state index contributed by atoms with van der Waals surface area (Å²) in [7, 11) is 3.52. The third kappa shape index (κ3) is 2.57. The molecular formula is C13H15N3O2. The number of aliphatic hydroxyl groups is 1. The predicted octanol–water partition coefficient (Wildman–Crippen LogP) is 1.75. The Labute approximate surface area is 106 Å². The van der Waals surface area contributed by atoms with E-state index >= 15 is 0 Å². The van der Waals surface area contributed by atoms with E-state index in [1.807, 2.05) is 36.2 Å². The van der Waals surface area contributed by atoms with Crippen molar-refractivity contribution in [1.82, 2.24) is 9.97 Å². The van der Waals surface area contributed by atoms with Gasteiger partial charge in [0.05, 0.1) is 31.8 Å². The van der Waals surface area contributed by atoms with Crippen molar-refractivity contribution in [3.8, 4) is 5.75 Å². The molecule has 0 saturated carbocycles. The summed E-state index contributed by atoms with van der Waals surface area (Å²) < 4.78 is 5.18. The standard InChI is InChI=1S/C13H15N3O2/c1-16(11-4-3-5-12(6-11)18-2)13-8-14-7-10(9-17)15-13/h3-8,17H,9H2,1-2H3. The number of hydrogen-bond donors (Lipinski definition) is 1. The highest BCUT2D eigenvalue weighted by molar-refractivity contribution is 5.60.